The molecule has 0 radical (unpaired) electrons. The summed E-state index contributed by atoms with van der Waals surface area (Å²) in [6.45, 7) is -1.19. The number of halogens is 1. The molecule has 0 unspecified atom stereocenters. The van der Waals surface area contributed by atoms with Crippen LogP contribution in [0.1, 0.15) is 10.4 Å². The minimum absolute atomic E-state index is 0.0703. The molecule has 0 bridgehead atoms. The highest BCUT2D eigenvalue weighted by molar-refractivity contribution is 6.32. The molecule has 0 spiro atoms. The molecule has 0 aliphatic carbocycles. The van der Waals surface area contributed by atoms with E-state index < -0.39 is 41.5 Å². The van der Waals surface area contributed by atoms with Gasteiger partial charge in [0.2, 0.25) is 5.75 Å². The summed E-state index contributed by atoms with van der Waals surface area (Å²) in [5.41, 5.74) is -0.211. The van der Waals surface area contributed by atoms with E-state index in [0.29, 0.717) is 22.9 Å². The maximum absolute atomic E-state index is 12.1. The average molecular weight is 482 g/mol. The number of anilines is 1. The Morgan fingerprint density at radius 1 is 1.03 bits per heavy atom. The van der Waals surface area contributed by atoms with Crippen LogP contribution in [-0.2, 0) is 14.3 Å². The molecule has 2 aromatic rings. The van der Waals surface area contributed by atoms with E-state index in [4.69, 9.17) is 30.5 Å². The summed E-state index contributed by atoms with van der Waals surface area (Å²) in [5.74, 6) is -1.34. The number of amides is 2. The SMILES string of the molecule is COc1cc(NC(=O)COC(=O)CNC(=O)c2ccc(Cl)c([N+](=O)[O-])c2)cc(OC)c1OC. The molecular formula is C20H20ClN3O9. The summed E-state index contributed by atoms with van der Waals surface area (Å²) in [7, 11) is 4.27. The molecule has 2 rings (SSSR count). The van der Waals surface area contributed by atoms with E-state index in [1.165, 1.54) is 45.6 Å². The molecule has 0 fully saturated rings. The number of nitro benzene ring substituents is 1. The third kappa shape index (κ3) is 6.71. The molecule has 2 N–H and O–H groups in total. The van der Waals surface area contributed by atoms with E-state index in [2.05, 4.69) is 10.6 Å². The summed E-state index contributed by atoms with van der Waals surface area (Å²) in [4.78, 5) is 46.2. The van der Waals surface area contributed by atoms with Crippen molar-refractivity contribution in [1.82, 2.24) is 5.32 Å². The fourth-order valence-corrected chi connectivity index (χ4v) is 2.78. The Morgan fingerprint density at radius 2 is 1.67 bits per heavy atom. The normalized spacial score (nSPS) is 10.1. The number of methoxy groups -OCH3 is 3. The average Bonchev–Trinajstić information content (AvgIpc) is 2.80. The Bertz CT molecular complexity index is 1050. The highest BCUT2D eigenvalue weighted by Crippen LogP contribution is 2.39. The quantitative estimate of drug-likeness (QED) is 0.295. The van der Waals surface area contributed by atoms with Crippen molar-refractivity contribution in [2.45, 2.75) is 0 Å². The van der Waals surface area contributed by atoms with Crippen molar-refractivity contribution in [1.29, 1.82) is 0 Å². The molecule has 0 aliphatic rings. The number of ether oxygens (including phenoxy) is 4. The van der Waals surface area contributed by atoms with Crippen molar-refractivity contribution in [2.24, 2.45) is 0 Å². The molecule has 0 saturated heterocycles. The van der Waals surface area contributed by atoms with Crippen molar-refractivity contribution in [2.75, 3.05) is 39.8 Å². The van der Waals surface area contributed by atoms with Gasteiger partial charge < -0.3 is 29.6 Å². The number of hydrogen-bond acceptors (Lipinski definition) is 9. The first-order valence-corrected chi connectivity index (χ1v) is 9.55. The fourth-order valence-electron chi connectivity index (χ4n) is 2.60. The second-order valence-electron chi connectivity index (χ2n) is 6.23. The van der Waals surface area contributed by atoms with Gasteiger partial charge in [0.15, 0.2) is 18.1 Å². The fraction of sp³-hybridized carbons (Fsp3) is 0.250. The van der Waals surface area contributed by atoms with Crippen LogP contribution >= 0.6 is 11.6 Å². The van der Waals surface area contributed by atoms with Gasteiger partial charge in [-0.2, -0.15) is 0 Å². The summed E-state index contributed by atoms with van der Waals surface area (Å²) in [5, 5.41) is 15.5. The van der Waals surface area contributed by atoms with Crippen LogP contribution in [0, 0.1) is 10.1 Å². The van der Waals surface area contributed by atoms with Crippen LogP contribution < -0.4 is 24.8 Å². The van der Waals surface area contributed by atoms with Crippen LogP contribution in [0.4, 0.5) is 11.4 Å². The number of nitrogens with zero attached hydrogens (tertiary/aromatic N) is 1. The Morgan fingerprint density at radius 3 is 2.21 bits per heavy atom. The third-order valence-corrected chi connectivity index (χ3v) is 4.43. The van der Waals surface area contributed by atoms with Crippen LogP contribution in [0.25, 0.3) is 0 Å². The van der Waals surface area contributed by atoms with E-state index in [-0.39, 0.29) is 10.6 Å². The molecule has 0 heterocycles. The smallest absolute Gasteiger partial charge is 0.325 e. The molecule has 2 aromatic carbocycles. The van der Waals surface area contributed by atoms with Crippen LogP contribution in [0.2, 0.25) is 5.02 Å². The first kappa shape index (κ1) is 25.2. The standard InChI is InChI=1S/C20H20ClN3O9/c1-30-15-7-12(8-16(31-2)19(15)32-3)23-17(25)10-33-18(26)9-22-20(27)11-4-5-13(21)14(6-11)24(28)29/h4-8H,9-10H2,1-3H3,(H,22,27)(H,23,25). The summed E-state index contributed by atoms with van der Waals surface area (Å²) >= 11 is 5.70. The largest absolute Gasteiger partial charge is 0.493 e. The second kappa shape index (κ2) is 11.5. The lowest BCUT2D eigenvalue weighted by molar-refractivity contribution is -0.384. The van der Waals surface area contributed by atoms with E-state index in [1.54, 1.807) is 0 Å². The van der Waals surface area contributed by atoms with Gasteiger partial charge in [-0.25, -0.2) is 0 Å². The molecule has 0 aliphatic heterocycles. The summed E-state index contributed by atoms with van der Waals surface area (Å²) in [6, 6.07) is 6.42. The molecule has 0 saturated carbocycles. The number of benzene rings is 2. The summed E-state index contributed by atoms with van der Waals surface area (Å²) < 4.78 is 20.4. The van der Waals surface area contributed by atoms with Crippen molar-refractivity contribution >= 4 is 40.8 Å². The monoisotopic (exact) mass is 481 g/mol. The van der Waals surface area contributed by atoms with Crippen molar-refractivity contribution < 1.29 is 38.3 Å². The van der Waals surface area contributed by atoms with E-state index in [9.17, 15) is 24.5 Å². The number of hydrogen-bond donors (Lipinski definition) is 2. The van der Waals surface area contributed by atoms with Gasteiger partial charge >= 0.3 is 5.97 Å². The molecule has 176 valence electrons. The lowest BCUT2D eigenvalue weighted by atomic mass is 10.2. The zero-order valence-corrected chi connectivity index (χ0v) is 18.6. The zero-order valence-electron chi connectivity index (χ0n) is 17.8. The molecular weight excluding hydrogens is 462 g/mol. The zero-order chi connectivity index (χ0) is 24.5. The first-order chi connectivity index (χ1) is 15.7. The van der Waals surface area contributed by atoms with Gasteiger partial charge in [0.05, 0.1) is 26.3 Å². The Balaban J connectivity index is 1.89. The number of nitro groups is 1. The lowest BCUT2D eigenvalue weighted by Gasteiger charge is -2.14. The van der Waals surface area contributed by atoms with E-state index in [0.717, 1.165) is 6.07 Å². The predicted octanol–water partition coefficient (Wildman–Crippen LogP) is 2.19. The van der Waals surface area contributed by atoms with Gasteiger partial charge in [0.25, 0.3) is 17.5 Å². The van der Waals surface area contributed by atoms with Crippen molar-refractivity contribution in [3.8, 4) is 17.2 Å². The lowest BCUT2D eigenvalue weighted by Crippen LogP contribution is -2.32. The molecule has 0 atom stereocenters. The molecule has 0 aromatic heterocycles. The van der Waals surface area contributed by atoms with E-state index in [1.807, 2.05) is 0 Å². The topological polar surface area (TPSA) is 155 Å². The second-order valence-corrected chi connectivity index (χ2v) is 6.64. The van der Waals surface area contributed by atoms with Gasteiger partial charge in [0, 0.05) is 29.4 Å². The number of carbonyl (C=O) groups excluding carboxylic acids is 3. The maximum Gasteiger partial charge on any atom is 0.325 e. The number of carbonyl (C=O) groups is 3. The van der Waals surface area contributed by atoms with Crippen molar-refractivity contribution in [3.63, 3.8) is 0 Å². The Hall–Kier alpha value is -4.06. The molecule has 2 amide bonds. The van der Waals surface area contributed by atoms with E-state index >= 15 is 0 Å². The Kier molecular flexibility index (Phi) is 8.80. The maximum atomic E-state index is 12.1. The van der Waals surface area contributed by atoms with Gasteiger partial charge in [-0.3, -0.25) is 24.5 Å². The van der Waals surface area contributed by atoms with Gasteiger partial charge in [-0.05, 0) is 12.1 Å². The van der Waals surface area contributed by atoms with Crippen molar-refractivity contribution in [3.05, 3.63) is 51.0 Å². The van der Waals surface area contributed by atoms with Gasteiger partial charge in [-0.1, -0.05) is 11.6 Å². The van der Waals surface area contributed by atoms with Crippen LogP contribution in [0.3, 0.4) is 0 Å². The van der Waals surface area contributed by atoms with Gasteiger partial charge in [-0.15, -0.1) is 0 Å². The minimum Gasteiger partial charge on any atom is -0.493 e. The predicted molar refractivity (Wildman–Crippen MR) is 116 cm³/mol. The van der Waals surface area contributed by atoms with Gasteiger partial charge in [0.1, 0.15) is 11.6 Å². The first-order valence-electron chi connectivity index (χ1n) is 9.17. The van der Waals surface area contributed by atoms with Crippen LogP contribution in [0.15, 0.2) is 30.3 Å². The summed E-state index contributed by atoms with van der Waals surface area (Å²) in [6.07, 6.45) is 0. The third-order valence-electron chi connectivity index (χ3n) is 4.11. The molecule has 13 heteroatoms. The van der Waals surface area contributed by atoms with Crippen LogP contribution in [0.5, 0.6) is 17.2 Å². The molecule has 33 heavy (non-hydrogen) atoms. The molecule has 12 nitrogen and oxygen atoms in total. The number of nitrogens with one attached hydrogen (secondary N) is 2. The van der Waals surface area contributed by atoms with Crippen LogP contribution in [-0.4, -0.2) is 57.2 Å². The minimum atomic E-state index is -0.896. The highest BCUT2D eigenvalue weighted by atomic mass is 35.5. The number of rotatable bonds is 10. The number of esters is 1. The Labute approximate surface area is 192 Å². The highest BCUT2D eigenvalue weighted by Gasteiger charge is 2.18.